The van der Waals surface area contributed by atoms with Gasteiger partial charge in [0.2, 0.25) is 0 Å². The van der Waals surface area contributed by atoms with Gasteiger partial charge in [0.25, 0.3) is 5.56 Å². The van der Waals surface area contributed by atoms with E-state index in [4.69, 9.17) is 0 Å². The lowest BCUT2D eigenvalue weighted by molar-refractivity contribution is 0.103. The topological polar surface area (TPSA) is 49.9 Å². The monoisotopic (exact) mass is 327 g/mol. The van der Waals surface area contributed by atoms with Crippen molar-refractivity contribution < 1.29 is 4.79 Å². The zero-order chi connectivity index (χ0) is 14.1. The van der Waals surface area contributed by atoms with Crippen molar-refractivity contribution in [1.82, 2.24) is 4.98 Å². The summed E-state index contributed by atoms with van der Waals surface area (Å²) in [6.45, 7) is 0. The van der Waals surface area contributed by atoms with E-state index >= 15 is 0 Å². The minimum absolute atomic E-state index is 0.154. The minimum Gasteiger partial charge on any atom is -0.321 e. The molecule has 0 amide bonds. The molecule has 0 atom stereocenters. The van der Waals surface area contributed by atoms with Crippen molar-refractivity contribution in [2.24, 2.45) is 0 Å². The molecule has 3 nitrogen and oxygen atoms in total. The van der Waals surface area contributed by atoms with Crippen LogP contribution in [0.15, 0.2) is 63.9 Å². The van der Waals surface area contributed by atoms with Gasteiger partial charge in [0.1, 0.15) is 0 Å². The SMILES string of the molecule is O=C(c1ccccc1)c1cc2cc(Br)ccc2[nH]c1=O. The maximum absolute atomic E-state index is 12.4. The molecular weight excluding hydrogens is 318 g/mol. The van der Waals surface area contributed by atoms with Crippen molar-refractivity contribution in [2.75, 3.05) is 0 Å². The van der Waals surface area contributed by atoms with Crippen LogP contribution in [0.5, 0.6) is 0 Å². The highest BCUT2D eigenvalue weighted by Crippen LogP contribution is 2.18. The minimum atomic E-state index is -0.367. The maximum Gasteiger partial charge on any atom is 0.259 e. The number of benzene rings is 2. The molecule has 4 heteroatoms. The number of aromatic nitrogens is 1. The second-order valence-electron chi connectivity index (χ2n) is 4.44. The van der Waals surface area contributed by atoms with E-state index < -0.39 is 0 Å². The van der Waals surface area contributed by atoms with Crippen LogP contribution in [0.1, 0.15) is 15.9 Å². The number of rotatable bonds is 2. The van der Waals surface area contributed by atoms with Gasteiger partial charge in [-0.2, -0.15) is 0 Å². The maximum atomic E-state index is 12.4. The Balaban J connectivity index is 2.19. The van der Waals surface area contributed by atoms with Crippen LogP contribution in [0.25, 0.3) is 10.9 Å². The number of H-pyrrole nitrogens is 1. The van der Waals surface area contributed by atoms with Crippen molar-refractivity contribution in [3.63, 3.8) is 0 Å². The smallest absolute Gasteiger partial charge is 0.259 e. The van der Waals surface area contributed by atoms with Gasteiger partial charge >= 0.3 is 0 Å². The number of nitrogens with one attached hydrogen (secondary N) is 1. The highest BCUT2D eigenvalue weighted by Gasteiger charge is 2.13. The van der Waals surface area contributed by atoms with Crippen LogP contribution < -0.4 is 5.56 Å². The Labute approximate surface area is 123 Å². The number of ketones is 1. The Morgan fingerprint density at radius 2 is 1.75 bits per heavy atom. The number of carbonyl (C=O) groups excluding carboxylic acids is 1. The van der Waals surface area contributed by atoms with Crippen LogP contribution in [0.3, 0.4) is 0 Å². The number of fused-ring (bicyclic) bond motifs is 1. The lowest BCUT2D eigenvalue weighted by Gasteiger charge is -2.03. The molecule has 0 bridgehead atoms. The van der Waals surface area contributed by atoms with Crippen molar-refractivity contribution in [2.45, 2.75) is 0 Å². The molecule has 0 unspecified atom stereocenters. The molecule has 2 aromatic carbocycles. The molecule has 0 aliphatic carbocycles. The Morgan fingerprint density at radius 1 is 1.00 bits per heavy atom. The summed E-state index contributed by atoms with van der Waals surface area (Å²) in [6, 6.07) is 15.9. The van der Waals surface area contributed by atoms with Crippen LogP contribution in [-0.2, 0) is 0 Å². The van der Waals surface area contributed by atoms with Crippen molar-refractivity contribution in [3.8, 4) is 0 Å². The van der Waals surface area contributed by atoms with Crippen LogP contribution in [-0.4, -0.2) is 10.8 Å². The molecule has 1 aromatic heterocycles. The highest BCUT2D eigenvalue weighted by molar-refractivity contribution is 9.10. The molecule has 0 saturated heterocycles. The Hall–Kier alpha value is -2.20. The predicted molar refractivity (Wildman–Crippen MR) is 82.1 cm³/mol. The third kappa shape index (κ3) is 2.30. The molecule has 1 N–H and O–H groups in total. The largest absolute Gasteiger partial charge is 0.321 e. The Morgan fingerprint density at radius 3 is 2.50 bits per heavy atom. The van der Waals surface area contributed by atoms with Gasteiger partial charge in [-0.25, -0.2) is 0 Å². The van der Waals surface area contributed by atoms with Crippen LogP contribution in [0, 0.1) is 0 Å². The van der Waals surface area contributed by atoms with Crippen LogP contribution >= 0.6 is 15.9 Å². The van der Waals surface area contributed by atoms with Gasteiger partial charge < -0.3 is 4.98 Å². The summed E-state index contributed by atoms with van der Waals surface area (Å²) in [6.07, 6.45) is 0. The predicted octanol–water partition coefficient (Wildman–Crippen LogP) is 3.52. The molecule has 20 heavy (non-hydrogen) atoms. The molecule has 3 aromatic rings. The van der Waals surface area contributed by atoms with E-state index in [-0.39, 0.29) is 16.9 Å². The summed E-state index contributed by atoms with van der Waals surface area (Å²) in [5.74, 6) is -0.270. The molecule has 1 heterocycles. The van der Waals surface area contributed by atoms with Gasteiger partial charge in [0.15, 0.2) is 5.78 Å². The molecule has 3 rings (SSSR count). The van der Waals surface area contributed by atoms with Crippen LogP contribution in [0.4, 0.5) is 0 Å². The van der Waals surface area contributed by atoms with Crippen molar-refractivity contribution in [3.05, 3.63) is 80.6 Å². The number of hydrogen-bond donors (Lipinski definition) is 1. The molecule has 98 valence electrons. The molecule has 0 aliphatic heterocycles. The van der Waals surface area contributed by atoms with E-state index in [1.165, 1.54) is 0 Å². The average molecular weight is 328 g/mol. The van der Waals surface area contributed by atoms with E-state index in [1.807, 2.05) is 18.2 Å². The summed E-state index contributed by atoms with van der Waals surface area (Å²) < 4.78 is 0.898. The zero-order valence-corrected chi connectivity index (χ0v) is 12.0. The standard InChI is InChI=1S/C16H10BrNO2/c17-12-6-7-14-11(8-12)9-13(16(20)18-14)15(19)10-4-2-1-3-5-10/h1-9H,(H,18,20). The normalized spacial score (nSPS) is 10.7. The van der Waals surface area contributed by atoms with Gasteiger partial charge in [-0.05, 0) is 24.3 Å². The first-order valence-electron chi connectivity index (χ1n) is 6.07. The third-order valence-electron chi connectivity index (χ3n) is 3.09. The van der Waals surface area contributed by atoms with Gasteiger partial charge in [0, 0.05) is 20.9 Å². The third-order valence-corrected chi connectivity index (χ3v) is 3.58. The van der Waals surface area contributed by atoms with Crippen molar-refractivity contribution >= 4 is 32.6 Å². The van der Waals surface area contributed by atoms with Gasteiger partial charge in [-0.1, -0.05) is 46.3 Å². The molecule has 0 fully saturated rings. The van der Waals surface area contributed by atoms with E-state index in [0.29, 0.717) is 11.1 Å². The number of aromatic amines is 1. The van der Waals surface area contributed by atoms with Gasteiger partial charge in [-0.15, -0.1) is 0 Å². The molecule has 0 spiro atoms. The second-order valence-corrected chi connectivity index (χ2v) is 5.35. The van der Waals surface area contributed by atoms with Gasteiger partial charge in [-0.3, -0.25) is 9.59 Å². The number of pyridine rings is 1. The Bertz CT molecular complexity index is 853. The first-order chi connectivity index (χ1) is 9.65. The average Bonchev–Trinajstić information content (AvgIpc) is 2.47. The van der Waals surface area contributed by atoms with E-state index in [9.17, 15) is 9.59 Å². The fraction of sp³-hybridized carbons (Fsp3) is 0. The molecule has 0 aliphatic rings. The molecule has 0 radical (unpaired) electrons. The highest BCUT2D eigenvalue weighted by atomic mass is 79.9. The fourth-order valence-electron chi connectivity index (χ4n) is 2.09. The molecule has 0 saturated carbocycles. The Kier molecular flexibility index (Phi) is 3.24. The summed E-state index contributed by atoms with van der Waals surface area (Å²) in [5, 5.41) is 0.818. The second kappa shape index (κ2) is 5.06. The number of carbonyl (C=O) groups is 1. The summed E-state index contributed by atoms with van der Waals surface area (Å²) in [7, 11) is 0. The van der Waals surface area contributed by atoms with Crippen molar-refractivity contribution in [1.29, 1.82) is 0 Å². The van der Waals surface area contributed by atoms with Crippen LogP contribution in [0.2, 0.25) is 0 Å². The summed E-state index contributed by atoms with van der Waals surface area (Å²) >= 11 is 3.38. The van der Waals surface area contributed by atoms with Gasteiger partial charge in [0.05, 0.1) is 5.56 Å². The molecular formula is C16H10BrNO2. The fourth-order valence-corrected chi connectivity index (χ4v) is 2.47. The van der Waals surface area contributed by atoms with E-state index in [2.05, 4.69) is 20.9 Å². The van der Waals surface area contributed by atoms with E-state index in [1.54, 1.807) is 36.4 Å². The zero-order valence-electron chi connectivity index (χ0n) is 10.4. The summed E-state index contributed by atoms with van der Waals surface area (Å²) in [5.41, 5.74) is 1.01. The van der Waals surface area contributed by atoms with E-state index in [0.717, 1.165) is 9.86 Å². The first-order valence-corrected chi connectivity index (χ1v) is 6.87. The first kappa shape index (κ1) is 12.8. The summed E-state index contributed by atoms with van der Waals surface area (Å²) in [4.78, 5) is 27.1. The quantitative estimate of drug-likeness (QED) is 0.732. The lowest BCUT2D eigenvalue weighted by Crippen LogP contribution is -2.18. The number of hydrogen-bond acceptors (Lipinski definition) is 2. The number of halogens is 1. The lowest BCUT2D eigenvalue weighted by atomic mass is 10.0.